The number of esters is 2. The van der Waals surface area contributed by atoms with Crippen molar-refractivity contribution < 1.29 is 23.8 Å². The summed E-state index contributed by atoms with van der Waals surface area (Å²) in [7, 11) is 2.43. The summed E-state index contributed by atoms with van der Waals surface area (Å²) < 4.78 is 14.2. The van der Waals surface area contributed by atoms with Crippen LogP contribution < -0.4 is 0 Å². The molecule has 0 radical (unpaired) electrons. The zero-order valence-electron chi connectivity index (χ0n) is 10.5. The first-order valence-corrected chi connectivity index (χ1v) is 5.56. The van der Waals surface area contributed by atoms with Crippen LogP contribution in [0.25, 0.3) is 0 Å². The van der Waals surface area contributed by atoms with Gasteiger partial charge in [0.1, 0.15) is 5.57 Å². The number of hydrogen-bond acceptors (Lipinski definition) is 6. The minimum absolute atomic E-state index is 0.135. The van der Waals surface area contributed by atoms with E-state index in [1.165, 1.54) is 20.3 Å². The molecule has 0 amide bonds. The van der Waals surface area contributed by atoms with Gasteiger partial charge >= 0.3 is 11.9 Å². The first-order chi connectivity index (χ1) is 8.69. The molecule has 0 atom stereocenters. The maximum atomic E-state index is 11.3. The fraction of sp³-hybridized carbons (Fsp3) is 0.500. The molecule has 0 spiro atoms. The Kier molecular flexibility index (Phi) is 5.93. The van der Waals surface area contributed by atoms with Crippen LogP contribution in [0.1, 0.15) is 0 Å². The molecule has 0 aromatic rings. The number of carbonyl (C=O) groups excluding carboxylic acids is 2. The summed E-state index contributed by atoms with van der Waals surface area (Å²) in [5, 5.41) is 0. The van der Waals surface area contributed by atoms with E-state index >= 15 is 0 Å². The van der Waals surface area contributed by atoms with Gasteiger partial charge in [0, 0.05) is 13.1 Å². The molecule has 0 bridgehead atoms. The van der Waals surface area contributed by atoms with Gasteiger partial charge in [-0.15, -0.1) is 0 Å². The summed E-state index contributed by atoms with van der Waals surface area (Å²) in [5.41, 5.74) is -0.135. The van der Waals surface area contributed by atoms with Crippen molar-refractivity contribution >= 4 is 11.9 Å². The number of allylic oxidation sites excluding steroid dienone is 2. The summed E-state index contributed by atoms with van der Waals surface area (Å²) >= 11 is 0. The Morgan fingerprint density at radius 3 is 2.17 bits per heavy atom. The molecule has 1 aliphatic heterocycles. The van der Waals surface area contributed by atoms with Crippen LogP contribution >= 0.6 is 0 Å². The van der Waals surface area contributed by atoms with E-state index in [4.69, 9.17) is 4.74 Å². The second-order valence-electron chi connectivity index (χ2n) is 3.55. The molecule has 1 heterocycles. The topological polar surface area (TPSA) is 65.1 Å². The normalized spacial score (nSPS) is 15.3. The van der Waals surface area contributed by atoms with Crippen LogP contribution in [-0.2, 0) is 23.8 Å². The number of rotatable bonds is 4. The quantitative estimate of drug-likeness (QED) is 0.233. The zero-order chi connectivity index (χ0) is 13.4. The van der Waals surface area contributed by atoms with Gasteiger partial charge in [0.15, 0.2) is 0 Å². The van der Waals surface area contributed by atoms with Crippen LogP contribution in [0.15, 0.2) is 23.9 Å². The molecule has 6 nitrogen and oxygen atoms in total. The third-order valence-corrected chi connectivity index (χ3v) is 2.42. The second-order valence-corrected chi connectivity index (χ2v) is 3.55. The van der Waals surface area contributed by atoms with Gasteiger partial charge in [-0.2, -0.15) is 0 Å². The lowest BCUT2D eigenvalue weighted by atomic mass is 10.2. The SMILES string of the molecule is COC(=O)C(=CC=CN1CCOCC1)C(=O)OC. The van der Waals surface area contributed by atoms with Gasteiger partial charge in [-0.3, -0.25) is 0 Å². The summed E-state index contributed by atoms with van der Waals surface area (Å²) in [6, 6.07) is 0. The summed E-state index contributed by atoms with van der Waals surface area (Å²) in [6.45, 7) is 2.93. The Bertz CT molecular complexity index is 337. The average Bonchev–Trinajstić information content (AvgIpc) is 2.43. The van der Waals surface area contributed by atoms with E-state index in [2.05, 4.69) is 9.47 Å². The lowest BCUT2D eigenvalue weighted by Gasteiger charge is -2.24. The van der Waals surface area contributed by atoms with Crippen LogP contribution in [0.5, 0.6) is 0 Å². The predicted octanol–water partition coefficient (Wildman–Crippen LogP) is 0.105. The fourth-order valence-corrected chi connectivity index (χ4v) is 1.43. The molecule has 100 valence electrons. The maximum absolute atomic E-state index is 11.3. The zero-order valence-corrected chi connectivity index (χ0v) is 10.5. The van der Waals surface area contributed by atoms with Crippen molar-refractivity contribution in [3.63, 3.8) is 0 Å². The van der Waals surface area contributed by atoms with Crippen molar-refractivity contribution in [2.24, 2.45) is 0 Å². The number of methoxy groups -OCH3 is 2. The first-order valence-electron chi connectivity index (χ1n) is 5.56. The minimum Gasteiger partial charge on any atom is -0.465 e. The molecule has 18 heavy (non-hydrogen) atoms. The Labute approximate surface area is 106 Å². The van der Waals surface area contributed by atoms with Crippen molar-refractivity contribution in [2.45, 2.75) is 0 Å². The fourth-order valence-electron chi connectivity index (χ4n) is 1.43. The summed E-state index contributed by atoms with van der Waals surface area (Å²) in [5.74, 6) is -1.43. The third kappa shape index (κ3) is 4.21. The number of morpholine rings is 1. The number of nitrogens with zero attached hydrogens (tertiary/aromatic N) is 1. The van der Waals surface area contributed by atoms with Crippen molar-refractivity contribution in [1.29, 1.82) is 0 Å². The van der Waals surface area contributed by atoms with Gasteiger partial charge in [-0.05, 0) is 18.4 Å². The molecule has 0 aromatic carbocycles. The van der Waals surface area contributed by atoms with Crippen LogP contribution in [0, 0.1) is 0 Å². The van der Waals surface area contributed by atoms with E-state index in [0.29, 0.717) is 13.2 Å². The molecule has 0 N–H and O–H groups in total. The van der Waals surface area contributed by atoms with Crippen LogP contribution in [0.2, 0.25) is 0 Å². The third-order valence-electron chi connectivity index (χ3n) is 2.42. The number of ether oxygens (including phenoxy) is 3. The molecule has 0 aliphatic carbocycles. The monoisotopic (exact) mass is 255 g/mol. The average molecular weight is 255 g/mol. The highest BCUT2D eigenvalue weighted by Crippen LogP contribution is 2.03. The molecule has 0 saturated carbocycles. The van der Waals surface area contributed by atoms with Crippen LogP contribution in [0.3, 0.4) is 0 Å². The molecule has 6 heteroatoms. The maximum Gasteiger partial charge on any atom is 0.345 e. The summed E-state index contributed by atoms with van der Waals surface area (Å²) in [6.07, 6.45) is 4.80. The number of hydrogen-bond donors (Lipinski definition) is 0. The van der Waals surface area contributed by atoms with Gasteiger partial charge in [-0.1, -0.05) is 0 Å². The van der Waals surface area contributed by atoms with E-state index in [1.54, 1.807) is 12.3 Å². The second kappa shape index (κ2) is 7.50. The highest BCUT2D eigenvalue weighted by Gasteiger charge is 2.18. The minimum atomic E-state index is -0.714. The smallest absolute Gasteiger partial charge is 0.345 e. The van der Waals surface area contributed by atoms with Gasteiger partial charge < -0.3 is 19.1 Å². The summed E-state index contributed by atoms with van der Waals surface area (Å²) in [4.78, 5) is 24.7. The highest BCUT2D eigenvalue weighted by atomic mass is 16.5. The Morgan fingerprint density at radius 2 is 1.67 bits per heavy atom. The lowest BCUT2D eigenvalue weighted by Crippen LogP contribution is -2.31. The van der Waals surface area contributed by atoms with E-state index < -0.39 is 11.9 Å². The molecule has 0 aromatic heterocycles. The molecular weight excluding hydrogens is 238 g/mol. The highest BCUT2D eigenvalue weighted by molar-refractivity contribution is 6.14. The molecule has 1 rings (SSSR count). The molecular formula is C12H17NO5. The van der Waals surface area contributed by atoms with Crippen molar-refractivity contribution in [2.75, 3.05) is 40.5 Å². The van der Waals surface area contributed by atoms with E-state index in [0.717, 1.165) is 13.1 Å². The molecule has 1 aliphatic rings. The number of carbonyl (C=O) groups is 2. The Hall–Kier alpha value is -1.82. The van der Waals surface area contributed by atoms with Crippen molar-refractivity contribution in [3.05, 3.63) is 23.9 Å². The van der Waals surface area contributed by atoms with E-state index in [-0.39, 0.29) is 5.57 Å². The Balaban J connectivity index is 2.66. The largest absolute Gasteiger partial charge is 0.465 e. The van der Waals surface area contributed by atoms with Crippen molar-refractivity contribution in [3.8, 4) is 0 Å². The van der Waals surface area contributed by atoms with E-state index in [9.17, 15) is 9.59 Å². The van der Waals surface area contributed by atoms with Gasteiger partial charge in [0.25, 0.3) is 0 Å². The predicted molar refractivity (Wildman–Crippen MR) is 63.6 cm³/mol. The Morgan fingerprint density at radius 1 is 1.11 bits per heavy atom. The van der Waals surface area contributed by atoms with Gasteiger partial charge in [0.05, 0.1) is 27.4 Å². The lowest BCUT2D eigenvalue weighted by molar-refractivity contribution is -0.144. The van der Waals surface area contributed by atoms with Gasteiger partial charge in [0.2, 0.25) is 0 Å². The van der Waals surface area contributed by atoms with Crippen LogP contribution in [0.4, 0.5) is 0 Å². The first kappa shape index (κ1) is 14.2. The molecule has 1 fully saturated rings. The van der Waals surface area contributed by atoms with Crippen LogP contribution in [-0.4, -0.2) is 57.4 Å². The van der Waals surface area contributed by atoms with Crippen molar-refractivity contribution in [1.82, 2.24) is 4.90 Å². The molecule has 0 unspecified atom stereocenters. The van der Waals surface area contributed by atoms with Gasteiger partial charge in [-0.25, -0.2) is 9.59 Å². The van der Waals surface area contributed by atoms with E-state index in [1.807, 2.05) is 4.90 Å². The standard InChI is InChI=1S/C12H17NO5/c1-16-11(14)10(12(15)17-2)4-3-5-13-6-8-18-9-7-13/h3-5H,6-9H2,1-2H3. The molecule has 1 saturated heterocycles.